The molecule has 11 heteroatoms. The van der Waals surface area contributed by atoms with Crippen LogP contribution in [0.1, 0.15) is 31.9 Å². The molecule has 38 heavy (non-hydrogen) atoms. The van der Waals surface area contributed by atoms with Crippen molar-refractivity contribution in [3.8, 4) is 17.0 Å². The maximum atomic E-state index is 12.9. The van der Waals surface area contributed by atoms with Crippen LogP contribution < -0.4 is 10.1 Å². The van der Waals surface area contributed by atoms with Gasteiger partial charge in [-0.3, -0.25) is 14.5 Å². The third-order valence-corrected chi connectivity index (χ3v) is 8.19. The molecule has 2 amide bonds. The number of piperidine rings is 1. The van der Waals surface area contributed by atoms with Crippen molar-refractivity contribution in [2.24, 2.45) is 17.3 Å². The Balaban J connectivity index is 0.00000294. The zero-order chi connectivity index (χ0) is 26.1. The standard InChI is InChI=1S/C27H30ClN5O4.ClH/c1-14-7-17(28)9-18(24(14)37-15(2)20-10-29-5-6-36-20)23-19-8-16(12-33(19)31-13-30-23)11-32-25(34)21-22(26(32)35)27(21,3)4;/h7-9,12-13,15,20-22,29H,5-6,10-11H2,1-4H3;1H/t15-,20?,21?,22?;/m1./s1. The highest BCUT2D eigenvalue weighted by Crippen LogP contribution is 2.63. The van der Waals surface area contributed by atoms with Gasteiger partial charge in [-0.05, 0) is 48.6 Å². The Morgan fingerprint density at radius 3 is 2.66 bits per heavy atom. The van der Waals surface area contributed by atoms with Crippen LogP contribution in [-0.4, -0.2) is 63.2 Å². The maximum absolute atomic E-state index is 12.9. The van der Waals surface area contributed by atoms with Crippen LogP contribution in [0.4, 0.5) is 0 Å². The predicted molar refractivity (Wildman–Crippen MR) is 144 cm³/mol. The number of fused-ring (bicyclic) bond motifs is 2. The van der Waals surface area contributed by atoms with Gasteiger partial charge in [-0.25, -0.2) is 9.50 Å². The molecule has 3 aliphatic rings. The molecule has 6 rings (SSSR count). The number of hydrogen-bond donors (Lipinski definition) is 1. The lowest BCUT2D eigenvalue weighted by molar-refractivity contribution is -0.143. The number of imide groups is 1. The van der Waals surface area contributed by atoms with Crippen molar-refractivity contribution in [1.29, 1.82) is 0 Å². The summed E-state index contributed by atoms with van der Waals surface area (Å²) in [5.74, 6) is 0.104. The van der Waals surface area contributed by atoms with E-state index in [-0.39, 0.29) is 60.2 Å². The number of aryl methyl sites for hydroxylation is 1. The van der Waals surface area contributed by atoms with E-state index in [9.17, 15) is 9.59 Å². The van der Waals surface area contributed by atoms with E-state index in [1.807, 2.05) is 52.1 Å². The maximum Gasteiger partial charge on any atom is 0.233 e. The number of likely N-dealkylation sites (tertiary alicyclic amines) is 1. The molecule has 0 bridgehead atoms. The summed E-state index contributed by atoms with van der Waals surface area (Å²) in [6.07, 6.45) is 3.04. The minimum Gasteiger partial charge on any atom is -0.487 e. The van der Waals surface area contributed by atoms with Gasteiger partial charge < -0.3 is 14.8 Å². The fraction of sp³-hybridized carbons (Fsp3) is 0.481. The Kier molecular flexibility index (Phi) is 6.92. The number of nitrogens with zero attached hydrogens (tertiary/aromatic N) is 4. The third kappa shape index (κ3) is 4.35. The Morgan fingerprint density at radius 2 is 1.97 bits per heavy atom. The zero-order valence-electron chi connectivity index (χ0n) is 21.7. The van der Waals surface area contributed by atoms with Crippen LogP contribution >= 0.6 is 24.0 Å². The van der Waals surface area contributed by atoms with Gasteiger partial charge in [0.2, 0.25) is 11.8 Å². The Labute approximate surface area is 232 Å². The Morgan fingerprint density at radius 1 is 1.24 bits per heavy atom. The van der Waals surface area contributed by atoms with Crippen molar-refractivity contribution in [2.75, 3.05) is 19.7 Å². The quantitative estimate of drug-likeness (QED) is 0.460. The molecule has 3 unspecified atom stereocenters. The molecule has 4 atom stereocenters. The fourth-order valence-corrected chi connectivity index (χ4v) is 6.10. The van der Waals surface area contributed by atoms with E-state index in [0.29, 0.717) is 23.1 Å². The van der Waals surface area contributed by atoms with E-state index >= 15 is 0 Å². The van der Waals surface area contributed by atoms with Gasteiger partial charge in [0, 0.05) is 29.9 Å². The number of carbonyl (C=O) groups excluding carboxylic acids is 2. The SMILES string of the molecule is Cc1cc(Cl)cc(-c2ncnn3cc(CN4C(=O)C5C(C4=O)C5(C)C)cc23)c1O[C@H](C)C1CNCCO1.Cl. The number of carbonyl (C=O) groups is 2. The lowest BCUT2D eigenvalue weighted by Crippen LogP contribution is -2.46. The Hall–Kier alpha value is -2.72. The molecule has 9 nitrogen and oxygen atoms in total. The van der Waals surface area contributed by atoms with Crippen LogP contribution in [-0.2, 0) is 20.9 Å². The van der Waals surface area contributed by atoms with Gasteiger partial charge in [0.25, 0.3) is 0 Å². The van der Waals surface area contributed by atoms with Crippen LogP contribution in [0.15, 0.2) is 30.7 Å². The summed E-state index contributed by atoms with van der Waals surface area (Å²) in [5.41, 5.74) is 3.59. The highest BCUT2D eigenvalue weighted by molar-refractivity contribution is 6.31. The lowest BCUT2D eigenvalue weighted by Gasteiger charge is -2.30. The number of ether oxygens (including phenoxy) is 2. The second-order valence-corrected chi connectivity index (χ2v) is 11.3. The molecule has 4 heterocycles. The Bertz CT molecular complexity index is 1390. The number of rotatable bonds is 6. The van der Waals surface area contributed by atoms with Crippen molar-refractivity contribution in [1.82, 2.24) is 24.8 Å². The van der Waals surface area contributed by atoms with Crippen LogP contribution in [0.5, 0.6) is 5.75 Å². The number of aromatic nitrogens is 3. The van der Waals surface area contributed by atoms with Crippen molar-refractivity contribution < 1.29 is 19.1 Å². The molecule has 0 spiro atoms. The molecule has 1 N–H and O–H groups in total. The molecule has 2 aromatic heterocycles. The molecule has 3 fully saturated rings. The van der Waals surface area contributed by atoms with E-state index in [1.54, 1.807) is 4.52 Å². The average Bonchev–Trinajstić information content (AvgIpc) is 3.11. The van der Waals surface area contributed by atoms with Crippen molar-refractivity contribution in [3.05, 3.63) is 46.9 Å². The fourth-order valence-electron chi connectivity index (χ4n) is 5.83. The number of halogens is 2. The van der Waals surface area contributed by atoms with Gasteiger partial charge in [0.1, 0.15) is 30.0 Å². The zero-order valence-corrected chi connectivity index (χ0v) is 23.3. The van der Waals surface area contributed by atoms with E-state index in [4.69, 9.17) is 21.1 Å². The monoisotopic (exact) mass is 559 g/mol. The van der Waals surface area contributed by atoms with E-state index in [0.717, 1.165) is 35.3 Å². The molecule has 202 valence electrons. The van der Waals surface area contributed by atoms with Gasteiger partial charge in [0.05, 0.1) is 30.5 Å². The first kappa shape index (κ1) is 26.9. The van der Waals surface area contributed by atoms with Crippen LogP contribution in [0.3, 0.4) is 0 Å². The van der Waals surface area contributed by atoms with Gasteiger partial charge >= 0.3 is 0 Å². The van der Waals surface area contributed by atoms with E-state index in [1.165, 1.54) is 11.2 Å². The number of morpholine rings is 1. The topological polar surface area (TPSA) is 98.1 Å². The molecule has 2 aliphatic heterocycles. The van der Waals surface area contributed by atoms with Crippen LogP contribution in [0, 0.1) is 24.2 Å². The minimum atomic E-state index is -0.231. The number of amides is 2. The summed E-state index contributed by atoms with van der Waals surface area (Å²) < 4.78 is 14.1. The third-order valence-electron chi connectivity index (χ3n) is 7.97. The van der Waals surface area contributed by atoms with Gasteiger partial charge in [-0.15, -0.1) is 12.4 Å². The average molecular weight is 560 g/mol. The highest BCUT2D eigenvalue weighted by atomic mass is 35.5. The molecular formula is C27H31Cl2N5O4. The molecular weight excluding hydrogens is 529 g/mol. The normalized spacial score (nSPS) is 24.8. The summed E-state index contributed by atoms with van der Waals surface area (Å²) in [6, 6.07) is 5.63. The van der Waals surface area contributed by atoms with Gasteiger partial charge in [-0.1, -0.05) is 25.4 Å². The summed E-state index contributed by atoms with van der Waals surface area (Å²) in [4.78, 5) is 31.7. The highest BCUT2D eigenvalue weighted by Gasteiger charge is 2.72. The second kappa shape index (κ2) is 9.79. The molecule has 1 aliphatic carbocycles. The first-order chi connectivity index (χ1) is 17.7. The predicted octanol–water partition coefficient (Wildman–Crippen LogP) is 3.68. The van der Waals surface area contributed by atoms with Crippen molar-refractivity contribution >= 4 is 41.3 Å². The van der Waals surface area contributed by atoms with Crippen molar-refractivity contribution in [2.45, 2.75) is 46.4 Å². The molecule has 1 aromatic carbocycles. The van der Waals surface area contributed by atoms with Gasteiger partial charge in [0.15, 0.2) is 0 Å². The summed E-state index contributed by atoms with van der Waals surface area (Å²) in [6.45, 7) is 10.3. The summed E-state index contributed by atoms with van der Waals surface area (Å²) in [7, 11) is 0. The van der Waals surface area contributed by atoms with E-state index in [2.05, 4.69) is 15.4 Å². The van der Waals surface area contributed by atoms with Crippen LogP contribution in [0.25, 0.3) is 16.8 Å². The lowest BCUT2D eigenvalue weighted by atomic mass is 10.0. The number of benzene rings is 1. The van der Waals surface area contributed by atoms with Gasteiger partial charge in [-0.2, -0.15) is 5.10 Å². The molecule has 0 radical (unpaired) electrons. The molecule has 3 aromatic rings. The second-order valence-electron chi connectivity index (χ2n) is 10.9. The van der Waals surface area contributed by atoms with Crippen molar-refractivity contribution in [3.63, 3.8) is 0 Å². The number of hydrogen-bond acceptors (Lipinski definition) is 7. The first-order valence-electron chi connectivity index (χ1n) is 12.6. The summed E-state index contributed by atoms with van der Waals surface area (Å²) >= 11 is 6.48. The minimum absolute atomic E-state index is 0. The molecule has 2 saturated heterocycles. The number of nitrogens with one attached hydrogen (secondary N) is 1. The smallest absolute Gasteiger partial charge is 0.233 e. The largest absolute Gasteiger partial charge is 0.487 e. The van der Waals surface area contributed by atoms with E-state index < -0.39 is 0 Å². The summed E-state index contributed by atoms with van der Waals surface area (Å²) in [5, 5.41) is 8.28. The van der Waals surface area contributed by atoms with Crippen LogP contribution in [0.2, 0.25) is 5.02 Å². The first-order valence-corrected chi connectivity index (χ1v) is 13.0. The molecule has 1 saturated carbocycles.